The van der Waals surface area contributed by atoms with E-state index in [0.29, 0.717) is 23.7 Å². The highest BCUT2D eigenvalue weighted by Gasteiger charge is 2.47. The molecule has 33 heavy (non-hydrogen) atoms. The van der Waals surface area contributed by atoms with Gasteiger partial charge in [-0.3, -0.25) is 14.8 Å². The van der Waals surface area contributed by atoms with Crippen LogP contribution in [-0.4, -0.2) is 61.5 Å². The number of ether oxygens (including phenoxy) is 1. The minimum Gasteiger partial charge on any atom is -0.497 e. The van der Waals surface area contributed by atoms with Crippen LogP contribution >= 0.6 is 0 Å². The first-order valence-electron chi connectivity index (χ1n) is 10.7. The van der Waals surface area contributed by atoms with Crippen molar-refractivity contribution in [1.82, 2.24) is 15.7 Å². The second-order valence-corrected chi connectivity index (χ2v) is 11.3. The molecule has 0 fully saturated rings. The summed E-state index contributed by atoms with van der Waals surface area (Å²) in [7, 11) is -1.22. The number of sulfone groups is 1. The van der Waals surface area contributed by atoms with Crippen LogP contribution in [0.3, 0.4) is 0 Å². The lowest BCUT2D eigenvalue weighted by Gasteiger charge is -2.33. The first-order chi connectivity index (χ1) is 15.3. The average Bonchev–Trinajstić information content (AvgIpc) is 2.75. The molecule has 0 unspecified atom stereocenters. The van der Waals surface area contributed by atoms with Gasteiger partial charge in [-0.05, 0) is 43.9 Å². The van der Waals surface area contributed by atoms with Gasteiger partial charge in [0.15, 0.2) is 9.84 Å². The fraction of sp³-hybridized carbons (Fsp3) is 0.591. The van der Waals surface area contributed by atoms with Crippen LogP contribution in [0.4, 0.5) is 4.79 Å². The number of nitrogens with one attached hydrogen (secondary N) is 2. The summed E-state index contributed by atoms with van der Waals surface area (Å²) in [6.07, 6.45) is 1.14. The molecule has 1 aromatic carbocycles. The molecule has 1 atom stereocenters. The summed E-state index contributed by atoms with van der Waals surface area (Å²) in [5, 5.41) is 14.4. The van der Waals surface area contributed by atoms with Gasteiger partial charge in [-0.25, -0.2) is 13.2 Å². The Morgan fingerprint density at radius 1 is 1.15 bits per heavy atom. The molecule has 1 aromatic rings. The quantitative estimate of drug-likeness (QED) is 0.322. The Labute approximate surface area is 195 Å². The molecule has 4 amide bonds. The normalized spacial score (nSPS) is 12.7. The summed E-state index contributed by atoms with van der Waals surface area (Å²) in [6.45, 7) is 6.57. The molecule has 0 radical (unpaired) electrons. The number of hydrogen-bond acceptors (Lipinski definition) is 7. The van der Waals surface area contributed by atoms with Crippen LogP contribution in [0, 0.1) is 5.92 Å². The Morgan fingerprint density at radius 3 is 2.21 bits per heavy atom. The Hall–Kier alpha value is -2.66. The molecule has 0 bridgehead atoms. The van der Waals surface area contributed by atoms with Crippen molar-refractivity contribution < 1.29 is 32.7 Å². The van der Waals surface area contributed by atoms with Crippen LogP contribution in [0.5, 0.6) is 5.75 Å². The maximum atomic E-state index is 13.2. The van der Waals surface area contributed by atoms with Gasteiger partial charge in [-0.1, -0.05) is 32.4 Å². The summed E-state index contributed by atoms with van der Waals surface area (Å²) < 4.78 is 29.7. The number of likely N-dealkylation sites (N-methyl/N-ethyl adjacent to an activating group) is 1. The van der Waals surface area contributed by atoms with Crippen LogP contribution in [0.25, 0.3) is 0 Å². The van der Waals surface area contributed by atoms with Crippen molar-refractivity contribution in [3.63, 3.8) is 0 Å². The number of methoxy groups -OCH3 is 1. The second-order valence-electron chi connectivity index (χ2n) is 8.70. The zero-order valence-corrected chi connectivity index (χ0v) is 20.9. The molecule has 0 saturated heterocycles. The maximum absolute atomic E-state index is 13.2. The van der Waals surface area contributed by atoms with E-state index in [0.717, 1.165) is 6.42 Å². The van der Waals surface area contributed by atoms with Gasteiger partial charge in [0.05, 0.1) is 17.6 Å². The predicted molar refractivity (Wildman–Crippen MR) is 123 cm³/mol. The minimum atomic E-state index is -4.00. The van der Waals surface area contributed by atoms with E-state index in [2.05, 4.69) is 10.6 Å². The van der Waals surface area contributed by atoms with Crippen molar-refractivity contribution in [2.24, 2.45) is 5.92 Å². The number of imide groups is 1. The Morgan fingerprint density at radius 2 is 1.73 bits per heavy atom. The molecular formula is C22H35N3O7S. The number of hydroxylamine groups is 2. The first-order valence-corrected chi connectivity index (χ1v) is 12.3. The van der Waals surface area contributed by atoms with Crippen LogP contribution in [-0.2, 0) is 25.2 Å². The van der Waals surface area contributed by atoms with Crippen molar-refractivity contribution >= 4 is 27.7 Å². The van der Waals surface area contributed by atoms with Gasteiger partial charge in [0.25, 0.3) is 5.91 Å². The summed E-state index contributed by atoms with van der Waals surface area (Å²) in [5.41, 5.74) is 0.468. The summed E-state index contributed by atoms with van der Waals surface area (Å²) in [5.74, 6) is -1.11. The van der Waals surface area contributed by atoms with Crippen LogP contribution in [0.2, 0.25) is 0 Å². The fourth-order valence-electron chi connectivity index (χ4n) is 3.07. The number of benzene rings is 1. The number of nitrogens with zero attached hydrogens (tertiary/aromatic N) is 1. The Kier molecular flexibility index (Phi) is 10.3. The van der Waals surface area contributed by atoms with Crippen molar-refractivity contribution in [2.75, 3.05) is 14.2 Å². The van der Waals surface area contributed by atoms with Gasteiger partial charge in [-0.15, -0.1) is 5.06 Å². The van der Waals surface area contributed by atoms with E-state index in [1.54, 1.807) is 24.3 Å². The molecule has 11 heteroatoms. The molecule has 3 N–H and O–H groups in total. The summed E-state index contributed by atoms with van der Waals surface area (Å²) >= 11 is 0. The number of urea groups is 1. The molecule has 10 nitrogen and oxygen atoms in total. The highest BCUT2D eigenvalue weighted by atomic mass is 32.2. The standard InChI is InChI=1S/C22H35N3O7S/c1-15(2)8-7-9-18(26)25(29)21(28)24-19(20(27)23-5)22(3,4)33(30,31)14-16-10-12-17(32-6)13-11-16/h10-13,15,19,29H,7-9,14H2,1-6H3,(H,23,27)(H,24,28)/t19-/m0/s1. The number of amides is 4. The molecule has 0 aromatic heterocycles. The third kappa shape index (κ3) is 7.71. The Bertz CT molecular complexity index is 928. The smallest absolute Gasteiger partial charge is 0.349 e. The lowest BCUT2D eigenvalue weighted by molar-refractivity contribution is -0.153. The molecule has 0 aliphatic carbocycles. The predicted octanol–water partition coefficient (Wildman–Crippen LogP) is 2.26. The molecule has 0 heterocycles. The fourth-order valence-corrected chi connectivity index (χ4v) is 4.60. The van der Waals surface area contributed by atoms with E-state index in [1.807, 2.05) is 13.8 Å². The van der Waals surface area contributed by atoms with E-state index in [9.17, 15) is 28.0 Å². The van der Waals surface area contributed by atoms with Crippen LogP contribution < -0.4 is 15.4 Å². The van der Waals surface area contributed by atoms with E-state index < -0.39 is 44.2 Å². The first kappa shape index (κ1) is 28.4. The average molecular weight is 486 g/mol. The molecule has 0 aliphatic rings. The minimum absolute atomic E-state index is 0.0636. The lowest BCUT2D eigenvalue weighted by atomic mass is 10.0. The van der Waals surface area contributed by atoms with Crippen molar-refractivity contribution in [3.05, 3.63) is 29.8 Å². The van der Waals surface area contributed by atoms with Crippen molar-refractivity contribution in [2.45, 2.75) is 63.5 Å². The highest BCUT2D eigenvalue weighted by molar-refractivity contribution is 7.92. The largest absolute Gasteiger partial charge is 0.497 e. The van der Waals surface area contributed by atoms with Gasteiger partial charge < -0.3 is 15.4 Å². The third-order valence-electron chi connectivity index (χ3n) is 5.39. The van der Waals surface area contributed by atoms with Crippen LogP contribution in [0.15, 0.2) is 24.3 Å². The molecule has 0 saturated carbocycles. The monoisotopic (exact) mass is 485 g/mol. The maximum Gasteiger partial charge on any atom is 0.349 e. The van der Waals surface area contributed by atoms with Gasteiger partial charge in [0.2, 0.25) is 5.91 Å². The number of carbonyl (C=O) groups excluding carboxylic acids is 3. The summed E-state index contributed by atoms with van der Waals surface area (Å²) in [4.78, 5) is 37.1. The van der Waals surface area contributed by atoms with E-state index >= 15 is 0 Å². The van der Waals surface area contributed by atoms with Crippen LogP contribution in [0.1, 0.15) is 52.5 Å². The summed E-state index contributed by atoms with van der Waals surface area (Å²) in [6, 6.07) is 3.56. The second kappa shape index (κ2) is 12.0. The Balaban J connectivity index is 3.05. The molecule has 186 valence electrons. The third-order valence-corrected chi connectivity index (χ3v) is 7.94. The van der Waals surface area contributed by atoms with Gasteiger partial charge >= 0.3 is 6.03 Å². The van der Waals surface area contributed by atoms with Crippen molar-refractivity contribution in [1.29, 1.82) is 0 Å². The molecule has 0 spiro atoms. The van der Waals surface area contributed by atoms with E-state index in [-0.39, 0.29) is 11.5 Å². The molecule has 0 aliphatic heterocycles. The zero-order valence-electron chi connectivity index (χ0n) is 20.0. The number of rotatable bonds is 11. The van der Waals surface area contributed by atoms with Gasteiger partial charge in [-0.2, -0.15) is 0 Å². The van der Waals surface area contributed by atoms with E-state index in [4.69, 9.17) is 4.74 Å². The van der Waals surface area contributed by atoms with Crippen molar-refractivity contribution in [3.8, 4) is 5.75 Å². The SMILES string of the molecule is CNC(=O)[C@H](NC(=O)N(O)C(=O)CCCC(C)C)C(C)(C)S(=O)(=O)Cc1ccc(OC)cc1. The highest BCUT2D eigenvalue weighted by Crippen LogP contribution is 2.26. The van der Waals surface area contributed by atoms with E-state index in [1.165, 1.54) is 28.0 Å². The number of hydrogen-bond donors (Lipinski definition) is 3. The topological polar surface area (TPSA) is 142 Å². The van der Waals surface area contributed by atoms with Gasteiger partial charge in [0.1, 0.15) is 11.8 Å². The zero-order chi connectivity index (χ0) is 25.4. The lowest BCUT2D eigenvalue weighted by Crippen LogP contribution is -2.62. The number of carbonyl (C=O) groups is 3. The van der Waals surface area contributed by atoms with Gasteiger partial charge in [0, 0.05) is 13.5 Å². The molecular weight excluding hydrogens is 450 g/mol. The molecule has 1 rings (SSSR count).